The lowest BCUT2D eigenvalue weighted by Crippen LogP contribution is -2.30. The summed E-state index contributed by atoms with van der Waals surface area (Å²) in [6, 6.07) is 17.3. The van der Waals surface area contributed by atoms with Gasteiger partial charge in [0.25, 0.3) is 5.91 Å². The normalized spacial score (nSPS) is 13.9. The molecule has 0 spiro atoms. The van der Waals surface area contributed by atoms with Crippen LogP contribution >= 0.6 is 0 Å². The molecule has 0 radical (unpaired) electrons. The molecule has 9 heteroatoms. The largest absolute Gasteiger partial charge is 0.355 e. The van der Waals surface area contributed by atoms with Crippen LogP contribution in [0.3, 0.4) is 0 Å². The maximum Gasteiger partial charge on any atom is 0.255 e. The number of carbonyl (C=O) groups is 1. The molecular formula is C25H29N5O3S. The molecule has 2 heterocycles. The van der Waals surface area contributed by atoms with E-state index in [9.17, 15) is 13.2 Å². The molecule has 0 bridgehead atoms. The molecular weight excluding hydrogens is 450 g/mol. The van der Waals surface area contributed by atoms with Crippen molar-refractivity contribution >= 4 is 27.4 Å². The topological polar surface area (TPSA) is 95.5 Å². The summed E-state index contributed by atoms with van der Waals surface area (Å²) < 4.78 is 26.7. The van der Waals surface area contributed by atoms with Gasteiger partial charge in [0.15, 0.2) is 5.82 Å². The highest BCUT2D eigenvalue weighted by Gasteiger charge is 2.21. The van der Waals surface area contributed by atoms with Crippen molar-refractivity contribution in [3.8, 4) is 11.3 Å². The molecule has 1 fully saturated rings. The Hall–Kier alpha value is -3.30. The fraction of sp³-hybridized carbons (Fsp3) is 0.320. The molecule has 1 aromatic heterocycles. The van der Waals surface area contributed by atoms with Gasteiger partial charge in [-0.1, -0.05) is 26.0 Å². The maximum atomic E-state index is 12.8. The van der Waals surface area contributed by atoms with Gasteiger partial charge in [0.2, 0.25) is 10.0 Å². The second-order valence-electron chi connectivity index (χ2n) is 8.12. The van der Waals surface area contributed by atoms with Gasteiger partial charge >= 0.3 is 0 Å². The molecule has 3 aromatic rings. The second kappa shape index (κ2) is 10.3. The number of benzene rings is 2. The third-order valence-electron chi connectivity index (χ3n) is 5.96. The van der Waals surface area contributed by atoms with Gasteiger partial charge in [-0.15, -0.1) is 10.2 Å². The maximum absolute atomic E-state index is 12.8. The molecule has 0 aliphatic carbocycles. The Labute approximate surface area is 200 Å². The standard InChI is InChI=1S/C25H29N5O3S/c1-3-30(4-2)34(32,33)22-12-10-19(11-13-22)25(31)26-21-9-7-8-20(18-21)23-14-15-24(28-27-23)29-16-5-6-17-29/h7-15,18H,3-6,16-17H2,1-2H3,(H,26,31). The number of hydrogen-bond donors (Lipinski definition) is 1. The second-order valence-corrected chi connectivity index (χ2v) is 10.1. The minimum atomic E-state index is -3.56. The molecule has 1 aliphatic heterocycles. The lowest BCUT2D eigenvalue weighted by Gasteiger charge is -2.18. The van der Waals surface area contributed by atoms with Crippen LogP contribution in [0.2, 0.25) is 0 Å². The van der Waals surface area contributed by atoms with Crippen LogP contribution in [0.5, 0.6) is 0 Å². The Balaban J connectivity index is 1.46. The summed E-state index contributed by atoms with van der Waals surface area (Å²) in [5.74, 6) is 0.566. The van der Waals surface area contributed by atoms with Gasteiger partial charge in [-0.25, -0.2) is 8.42 Å². The Kier molecular flexibility index (Phi) is 7.23. The van der Waals surface area contributed by atoms with Gasteiger partial charge < -0.3 is 10.2 Å². The molecule has 34 heavy (non-hydrogen) atoms. The molecule has 8 nitrogen and oxygen atoms in total. The summed E-state index contributed by atoms with van der Waals surface area (Å²) in [5, 5.41) is 11.6. The minimum absolute atomic E-state index is 0.172. The van der Waals surface area contributed by atoms with Crippen molar-refractivity contribution in [2.45, 2.75) is 31.6 Å². The number of nitrogens with one attached hydrogen (secondary N) is 1. The number of rotatable bonds is 8. The van der Waals surface area contributed by atoms with Crippen LogP contribution < -0.4 is 10.2 Å². The Morgan fingerprint density at radius 1 is 0.971 bits per heavy atom. The molecule has 0 saturated carbocycles. The lowest BCUT2D eigenvalue weighted by atomic mass is 10.1. The Morgan fingerprint density at radius 3 is 2.29 bits per heavy atom. The molecule has 1 N–H and O–H groups in total. The SMILES string of the molecule is CCN(CC)S(=O)(=O)c1ccc(C(=O)Nc2cccc(-c3ccc(N4CCCC4)nn3)c2)cc1. The first kappa shape index (κ1) is 23.8. The zero-order chi connectivity index (χ0) is 24.1. The zero-order valence-electron chi connectivity index (χ0n) is 19.4. The van der Waals surface area contributed by atoms with Gasteiger partial charge in [-0.05, 0) is 61.4 Å². The van der Waals surface area contributed by atoms with Crippen LogP contribution in [-0.4, -0.2) is 55.0 Å². The highest BCUT2D eigenvalue weighted by molar-refractivity contribution is 7.89. The summed E-state index contributed by atoms with van der Waals surface area (Å²) in [7, 11) is -3.56. The van der Waals surface area contributed by atoms with Crippen LogP contribution in [-0.2, 0) is 10.0 Å². The molecule has 178 valence electrons. The molecule has 4 rings (SSSR count). The molecule has 1 amide bonds. The van der Waals surface area contributed by atoms with Gasteiger partial charge in [0.1, 0.15) is 0 Å². The van der Waals surface area contributed by atoms with Crippen molar-refractivity contribution < 1.29 is 13.2 Å². The van der Waals surface area contributed by atoms with Crippen molar-refractivity contribution in [1.82, 2.24) is 14.5 Å². The van der Waals surface area contributed by atoms with Crippen molar-refractivity contribution in [3.63, 3.8) is 0 Å². The molecule has 1 aliphatic rings. The minimum Gasteiger partial charge on any atom is -0.355 e. The number of aromatic nitrogens is 2. The monoisotopic (exact) mass is 479 g/mol. The van der Waals surface area contributed by atoms with Crippen LogP contribution in [0.25, 0.3) is 11.3 Å². The lowest BCUT2D eigenvalue weighted by molar-refractivity contribution is 0.102. The fourth-order valence-corrected chi connectivity index (χ4v) is 5.50. The Bertz CT molecular complexity index is 1230. The molecule has 1 saturated heterocycles. The van der Waals surface area contributed by atoms with E-state index in [0.717, 1.165) is 30.2 Å². The predicted octanol–water partition coefficient (Wildman–Crippen LogP) is 4.03. The van der Waals surface area contributed by atoms with Gasteiger partial charge in [0, 0.05) is 43.0 Å². The summed E-state index contributed by atoms with van der Waals surface area (Å²) in [6.45, 7) is 6.40. The van der Waals surface area contributed by atoms with Gasteiger partial charge in [0.05, 0.1) is 10.6 Å². The molecule has 2 aromatic carbocycles. The van der Waals surface area contributed by atoms with Crippen molar-refractivity contribution in [1.29, 1.82) is 0 Å². The average Bonchev–Trinajstić information content (AvgIpc) is 3.40. The quantitative estimate of drug-likeness (QED) is 0.524. The number of hydrogen-bond acceptors (Lipinski definition) is 6. The van der Waals surface area contributed by atoms with Crippen molar-refractivity contribution in [2.24, 2.45) is 0 Å². The van der Waals surface area contributed by atoms with E-state index in [1.807, 2.05) is 30.3 Å². The number of amides is 1. The van der Waals surface area contributed by atoms with Crippen molar-refractivity contribution in [3.05, 3.63) is 66.2 Å². The fourth-order valence-electron chi connectivity index (χ4n) is 4.04. The van der Waals surface area contributed by atoms with Crippen molar-refractivity contribution in [2.75, 3.05) is 36.4 Å². The predicted molar refractivity (Wildman–Crippen MR) is 133 cm³/mol. The third kappa shape index (κ3) is 5.10. The third-order valence-corrected chi connectivity index (χ3v) is 8.02. The van der Waals surface area contributed by atoms with E-state index in [0.29, 0.717) is 24.3 Å². The van der Waals surface area contributed by atoms with E-state index in [-0.39, 0.29) is 10.8 Å². The number of carbonyl (C=O) groups excluding carboxylic acids is 1. The molecule has 0 atom stereocenters. The summed E-state index contributed by atoms with van der Waals surface area (Å²) in [6.07, 6.45) is 2.36. The summed E-state index contributed by atoms with van der Waals surface area (Å²) in [5.41, 5.74) is 2.57. The first-order valence-electron chi connectivity index (χ1n) is 11.5. The van der Waals surface area contributed by atoms with E-state index < -0.39 is 10.0 Å². The number of nitrogens with zero attached hydrogens (tertiary/aromatic N) is 4. The smallest absolute Gasteiger partial charge is 0.255 e. The van der Waals surface area contributed by atoms with Gasteiger partial charge in [-0.2, -0.15) is 4.31 Å². The zero-order valence-corrected chi connectivity index (χ0v) is 20.3. The van der Waals surface area contributed by atoms with Crippen LogP contribution in [0.15, 0.2) is 65.6 Å². The molecule has 0 unspecified atom stereocenters. The van der Waals surface area contributed by atoms with E-state index in [2.05, 4.69) is 20.4 Å². The van der Waals surface area contributed by atoms with E-state index in [1.165, 1.54) is 41.4 Å². The van der Waals surface area contributed by atoms with Crippen LogP contribution in [0.4, 0.5) is 11.5 Å². The number of sulfonamides is 1. The average molecular weight is 480 g/mol. The van der Waals surface area contributed by atoms with Gasteiger partial charge in [-0.3, -0.25) is 4.79 Å². The van der Waals surface area contributed by atoms with Crippen LogP contribution in [0.1, 0.15) is 37.0 Å². The first-order chi connectivity index (χ1) is 16.4. The highest BCUT2D eigenvalue weighted by atomic mass is 32.2. The highest BCUT2D eigenvalue weighted by Crippen LogP contribution is 2.24. The van der Waals surface area contributed by atoms with E-state index >= 15 is 0 Å². The number of anilines is 2. The summed E-state index contributed by atoms with van der Waals surface area (Å²) in [4.78, 5) is 15.2. The summed E-state index contributed by atoms with van der Waals surface area (Å²) >= 11 is 0. The van der Waals surface area contributed by atoms with Crippen LogP contribution in [0, 0.1) is 0 Å². The van der Waals surface area contributed by atoms with E-state index in [4.69, 9.17) is 0 Å². The first-order valence-corrected chi connectivity index (χ1v) is 13.0. The van der Waals surface area contributed by atoms with E-state index in [1.54, 1.807) is 19.9 Å². The Morgan fingerprint density at radius 2 is 1.68 bits per heavy atom.